The van der Waals surface area contributed by atoms with Gasteiger partial charge in [0.1, 0.15) is 17.2 Å². The quantitative estimate of drug-likeness (QED) is 0.727. The average molecular weight is 443 g/mol. The fourth-order valence-corrected chi connectivity index (χ4v) is 5.20. The largest absolute Gasteiger partial charge is 0.497 e. The molecule has 2 aromatic carbocycles. The standard InChI is InChI=1S/C18H19ClN2O5S2/c1-10-6-17(22)20-14-9-12(4-5-16(14)27-10)28(23,24)21-18-13(19)7-11(25-2)8-15(18)26-3/h4-5,7-10,21H,6H2,1-3H3,(H,20,22). The summed E-state index contributed by atoms with van der Waals surface area (Å²) in [5.41, 5.74) is 0.571. The molecule has 1 heterocycles. The summed E-state index contributed by atoms with van der Waals surface area (Å²) in [4.78, 5) is 12.8. The molecule has 0 saturated heterocycles. The number of hydrogen-bond acceptors (Lipinski definition) is 6. The van der Waals surface area contributed by atoms with Gasteiger partial charge in [-0.25, -0.2) is 8.42 Å². The number of benzene rings is 2. The Labute approximate surface area is 172 Å². The van der Waals surface area contributed by atoms with Gasteiger partial charge >= 0.3 is 0 Å². The first-order valence-corrected chi connectivity index (χ1v) is 11.0. The van der Waals surface area contributed by atoms with Crippen LogP contribution in [0.4, 0.5) is 11.4 Å². The van der Waals surface area contributed by atoms with E-state index in [0.717, 1.165) is 4.90 Å². The van der Waals surface area contributed by atoms with E-state index in [1.165, 1.54) is 50.2 Å². The molecule has 1 amide bonds. The van der Waals surface area contributed by atoms with Crippen LogP contribution >= 0.6 is 23.4 Å². The number of nitrogens with one attached hydrogen (secondary N) is 2. The van der Waals surface area contributed by atoms with Gasteiger partial charge in [0.25, 0.3) is 10.0 Å². The zero-order chi connectivity index (χ0) is 20.5. The number of halogens is 1. The highest BCUT2D eigenvalue weighted by atomic mass is 35.5. The molecule has 2 aromatic rings. The zero-order valence-electron chi connectivity index (χ0n) is 15.4. The van der Waals surface area contributed by atoms with Crippen LogP contribution in [0.2, 0.25) is 5.02 Å². The number of sulfonamides is 1. The molecule has 7 nitrogen and oxygen atoms in total. The van der Waals surface area contributed by atoms with Crippen molar-refractivity contribution < 1.29 is 22.7 Å². The molecule has 1 aliphatic heterocycles. The van der Waals surface area contributed by atoms with E-state index in [-0.39, 0.29) is 32.5 Å². The Morgan fingerprint density at radius 1 is 1.21 bits per heavy atom. The van der Waals surface area contributed by atoms with Crippen molar-refractivity contribution in [3.63, 3.8) is 0 Å². The van der Waals surface area contributed by atoms with E-state index in [2.05, 4.69) is 10.0 Å². The maximum absolute atomic E-state index is 12.9. The minimum Gasteiger partial charge on any atom is -0.497 e. The van der Waals surface area contributed by atoms with Gasteiger partial charge in [-0.3, -0.25) is 9.52 Å². The minimum atomic E-state index is -3.98. The van der Waals surface area contributed by atoms with E-state index in [0.29, 0.717) is 17.9 Å². The number of fused-ring (bicyclic) bond motifs is 1. The van der Waals surface area contributed by atoms with Gasteiger partial charge in [0.2, 0.25) is 5.91 Å². The first kappa shape index (κ1) is 20.6. The van der Waals surface area contributed by atoms with Crippen molar-refractivity contribution >= 4 is 50.7 Å². The number of amides is 1. The van der Waals surface area contributed by atoms with E-state index in [4.69, 9.17) is 21.1 Å². The molecule has 0 radical (unpaired) electrons. The Morgan fingerprint density at radius 2 is 1.96 bits per heavy atom. The molecule has 10 heteroatoms. The van der Waals surface area contributed by atoms with Crippen LogP contribution in [0, 0.1) is 0 Å². The fourth-order valence-electron chi connectivity index (χ4n) is 2.73. The molecule has 0 fully saturated rings. The fraction of sp³-hybridized carbons (Fsp3) is 0.278. The molecule has 0 bridgehead atoms. The molecule has 1 atom stereocenters. The maximum atomic E-state index is 12.9. The SMILES string of the molecule is COc1cc(Cl)c(NS(=O)(=O)c2ccc3c(c2)NC(=O)CC(C)S3)c(OC)c1. The summed E-state index contributed by atoms with van der Waals surface area (Å²) >= 11 is 7.73. The summed E-state index contributed by atoms with van der Waals surface area (Å²) in [6.07, 6.45) is 0.359. The monoisotopic (exact) mass is 442 g/mol. The van der Waals surface area contributed by atoms with Crippen LogP contribution in [0.3, 0.4) is 0 Å². The van der Waals surface area contributed by atoms with Crippen molar-refractivity contribution in [2.45, 2.75) is 28.4 Å². The van der Waals surface area contributed by atoms with Crippen molar-refractivity contribution in [2.75, 3.05) is 24.3 Å². The molecular weight excluding hydrogens is 424 g/mol. The van der Waals surface area contributed by atoms with Gasteiger partial charge in [-0.05, 0) is 18.2 Å². The lowest BCUT2D eigenvalue weighted by Gasteiger charge is -2.16. The second kappa shape index (κ2) is 8.10. The Balaban J connectivity index is 1.98. The Bertz CT molecular complexity index is 1030. The number of hydrogen-bond donors (Lipinski definition) is 2. The summed E-state index contributed by atoms with van der Waals surface area (Å²) in [7, 11) is -1.11. The van der Waals surface area contributed by atoms with Crippen LogP contribution in [-0.2, 0) is 14.8 Å². The number of carbonyl (C=O) groups excluding carboxylic acids is 1. The number of ether oxygens (including phenoxy) is 2. The third-order valence-electron chi connectivity index (χ3n) is 4.06. The predicted molar refractivity (Wildman–Crippen MR) is 110 cm³/mol. The molecule has 0 spiro atoms. The Morgan fingerprint density at radius 3 is 2.64 bits per heavy atom. The van der Waals surface area contributed by atoms with Crippen molar-refractivity contribution in [3.8, 4) is 11.5 Å². The molecule has 2 N–H and O–H groups in total. The lowest BCUT2D eigenvalue weighted by Crippen LogP contribution is -2.16. The van der Waals surface area contributed by atoms with Crippen LogP contribution < -0.4 is 19.5 Å². The topological polar surface area (TPSA) is 93.7 Å². The highest BCUT2D eigenvalue weighted by molar-refractivity contribution is 8.00. The van der Waals surface area contributed by atoms with E-state index in [1.807, 2.05) is 6.92 Å². The van der Waals surface area contributed by atoms with E-state index >= 15 is 0 Å². The van der Waals surface area contributed by atoms with E-state index < -0.39 is 10.0 Å². The number of carbonyl (C=O) groups is 1. The summed E-state index contributed by atoms with van der Waals surface area (Å²) in [6, 6.07) is 7.62. The Kier molecular flexibility index (Phi) is 5.97. The molecule has 28 heavy (non-hydrogen) atoms. The number of methoxy groups -OCH3 is 2. The van der Waals surface area contributed by atoms with Crippen molar-refractivity contribution in [2.24, 2.45) is 0 Å². The van der Waals surface area contributed by atoms with Crippen molar-refractivity contribution in [3.05, 3.63) is 35.4 Å². The Hall–Kier alpha value is -2.10. The van der Waals surface area contributed by atoms with Crippen LogP contribution in [0.15, 0.2) is 40.1 Å². The van der Waals surface area contributed by atoms with Gasteiger partial charge in [0.05, 0.1) is 29.8 Å². The molecule has 0 saturated carbocycles. The number of rotatable bonds is 5. The highest BCUT2D eigenvalue weighted by Gasteiger charge is 2.24. The molecule has 0 aromatic heterocycles. The molecule has 3 rings (SSSR count). The third-order valence-corrected chi connectivity index (χ3v) is 6.88. The highest BCUT2D eigenvalue weighted by Crippen LogP contribution is 2.39. The maximum Gasteiger partial charge on any atom is 0.262 e. The van der Waals surface area contributed by atoms with Crippen LogP contribution in [0.5, 0.6) is 11.5 Å². The van der Waals surface area contributed by atoms with Gasteiger partial charge in [-0.2, -0.15) is 0 Å². The average Bonchev–Trinajstić information content (AvgIpc) is 2.78. The molecule has 150 valence electrons. The van der Waals surface area contributed by atoms with Crippen LogP contribution in [0.25, 0.3) is 0 Å². The van der Waals surface area contributed by atoms with E-state index in [9.17, 15) is 13.2 Å². The van der Waals surface area contributed by atoms with Crippen LogP contribution in [0.1, 0.15) is 13.3 Å². The zero-order valence-corrected chi connectivity index (χ0v) is 17.8. The van der Waals surface area contributed by atoms with E-state index in [1.54, 1.807) is 6.07 Å². The lowest BCUT2D eigenvalue weighted by molar-refractivity contribution is -0.116. The van der Waals surface area contributed by atoms with Crippen LogP contribution in [-0.4, -0.2) is 33.8 Å². The molecule has 0 aliphatic carbocycles. The number of anilines is 2. The lowest BCUT2D eigenvalue weighted by atomic mass is 10.3. The smallest absolute Gasteiger partial charge is 0.262 e. The number of thioether (sulfide) groups is 1. The second-order valence-electron chi connectivity index (χ2n) is 6.13. The van der Waals surface area contributed by atoms with Crippen molar-refractivity contribution in [1.29, 1.82) is 0 Å². The van der Waals surface area contributed by atoms with Gasteiger partial charge in [0, 0.05) is 28.7 Å². The summed E-state index contributed by atoms with van der Waals surface area (Å²) < 4.78 is 38.6. The molecule has 1 unspecified atom stereocenters. The second-order valence-corrected chi connectivity index (χ2v) is 9.70. The molecule has 1 aliphatic rings. The summed E-state index contributed by atoms with van der Waals surface area (Å²) in [6.45, 7) is 1.95. The first-order valence-electron chi connectivity index (χ1n) is 8.28. The van der Waals surface area contributed by atoms with Gasteiger partial charge in [-0.15, -0.1) is 11.8 Å². The normalized spacial score (nSPS) is 16.6. The molecular formula is C18H19ClN2O5S2. The predicted octanol–water partition coefficient (Wildman–Crippen LogP) is 3.98. The van der Waals surface area contributed by atoms with Gasteiger partial charge in [-0.1, -0.05) is 18.5 Å². The summed E-state index contributed by atoms with van der Waals surface area (Å²) in [5, 5.41) is 2.99. The van der Waals surface area contributed by atoms with Gasteiger partial charge in [0.15, 0.2) is 0 Å². The van der Waals surface area contributed by atoms with Gasteiger partial charge < -0.3 is 14.8 Å². The minimum absolute atomic E-state index is 0.00404. The first-order chi connectivity index (χ1) is 13.2. The third kappa shape index (κ3) is 4.31. The van der Waals surface area contributed by atoms with Crippen molar-refractivity contribution in [1.82, 2.24) is 0 Å². The summed E-state index contributed by atoms with van der Waals surface area (Å²) in [5.74, 6) is 0.505.